The molecule has 0 N–H and O–H groups in total. The summed E-state index contributed by atoms with van der Waals surface area (Å²) >= 11 is 1.73. The topological polar surface area (TPSA) is 61.4 Å². The number of hydrogen-bond donors (Lipinski definition) is 0. The Kier molecular flexibility index (Phi) is 6.35. The van der Waals surface area contributed by atoms with E-state index in [4.69, 9.17) is 4.74 Å². The summed E-state index contributed by atoms with van der Waals surface area (Å²) in [5, 5.41) is 10.2. The van der Waals surface area contributed by atoms with Gasteiger partial charge in [0, 0.05) is 22.3 Å². The number of aromatic nitrogens is 4. The van der Waals surface area contributed by atoms with Crippen molar-refractivity contribution in [2.24, 2.45) is 5.92 Å². The van der Waals surface area contributed by atoms with Crippen molar-refractivity contribution in [3.05, 3.63) is 70.0 Å². The summed E-state index contributed by atoms with van der Waals surface area (Å²) in [7, 11) is 1.65. The van der Waals surface area contributed by atoms with E-state index in [2.05, 4.69) is 52.7 Å². The van der Waals surface area contributed by atoms with Gasteiger partial charge >= 0.3 is 0 Å². The third-order valence-corrected chi connectivity index (χ3v) is 9.05. The summed E-state index contributed by atoms with van der Waals surface area (Å²) in [6.07, 6.45) is 7.57. The zero-order valence-corrected chi connectivity index (χ0v) is 22.7. The van der Waals surface area contributed by atoms with Crippen LogP contribution in [0.25, 0.3) is 22.7 Å². The smallest absolute Gasteiger partial charge is 0.264 e. The van der Waals surface area contributed by atoms with Crippen LogP contribution in [0.3, 0.4) is 0 Å². The van der Waals surface area contributed by atoms with Gasteiger partial charge in [0.05, 0.1) is 18.5 Å². The van der Waals surface area contributed by atoms with E-state index in [9.17, 15) is 4.79 Å². The van der Waals surface area contributed by atoms with Gasteiger partial charge in [0.25, 0.3) is 5.56 Å². The summed E-state index contributed by atoms with van der Waals surface area (Å²) in [5.41, 5.74) is 4.91. The molecule has 7 heteroatoms. The van der Waals surface area contributed by atoms with Crippen LogP contribution < -0.4 is 10.3 Å². The molecule has 0 bridgehead atoms. The molecule has 0 saturated heterocycles. The van der Waals surface area contributed by atoms with Crippen LogP contribution in [0.2, 0.25) is 0 Å². The van der Waals surface area contributed by atoms with Crippen LogP contribution in [0.1, 0.15) is 63.5 Å². The van der Waals surface area contributed by atoms with Crippen LogP contribution in [0.5, 0.6) is 5.75 Å². The minimum Gasteiger partial charge on any atom is -0.495 e. The number of ether oxygens (including phenoxy) is 1. The van der Waals surface area contributed by atoms with Crippen LogP contribution in [-0.2, 0) is 11.8 Å². The number of thioether (sulfide) groups is 1. The van der Waals surface area contributed by atoms with Gasteiger partial charge in [-0.25, -0.2) is 4.57 Å². The Hall–Kier alpha value is -3.06. The summed E-state index contributed by atoms with van der Waals surface area (Å²) < 4.78 is 9.64. The molecule has 2 aromatic heterocycles. The van der Waals surface area contributed by atoms with Crippen LogP contribution in [0, 0.1) is 5.92 Å². The normalized spacial score (nSPS) is 16.2. The van der Waals surface area contributed by atoms with Crippen molar-refractivity contribution >= 4 is 17.5 Å². The molecule has 192 valence electrons. The minimum absolute atomic E-state index is 0.00883. The Morgan fingerprint density at radius 3 is 2.57 bits per heavy atom. The van der Waals surface area contributed by atoms with Crippen molar-refractivity contribution in [2.75, 3.05) is 12.9 Å². The molecular weight excluding hydrogens is 480 g/mol. The molecule has 4 aromatic rings. The first-order valence-corrected chi connectivity index (χ1v) is 14.4. The largest absolute Gasteiger partial charge is 0.495 e. The van der Waals surface area contributed by atoms with E-state index in [0.717, 1.165) is 66.3 Å². The Labute approximate surface area is 222 Å². The number of para-hydroxylation sites is 2. The maximum absolute atomic E-state index is 14.7. The highest BCUT2D eigenvalue weighted by atomic mass is 32.2. The minimum atomic E-state index is -0.179. The van der Waals surface area contributed by atoms with Gasteiger partial charge in [0.15, 0.2) is 5.16 Å². The van der Waals surface area contributed by atoms with Crippen molar-refractivity contribution in [3.8, 4) is 22.7 Å². The van der Waals surface area contributed by atoms with Crippen LogP contribution in [0.4, 0.5) is 0 Å². The van der Waals surface area contributed by atoms with E-state index < -0.39 is 0 Å². The van der Waals surface area contributed by atoms with E-state index in [1.54, 1.807) is 23.4 Å². The second-order valence-electron chi connectivity index (χ2n) is 10.9. The molecule has 6 nitrogen and oxygen atoms in total. The lowest BCUT2D eigenvalue weighted by Crippen LogP contribution is -2.43. The van der Waals surface area contributed by atoms with Crippen LogP contribution in [0.15, 0.2) is 58.5 Å². The quantitative estimate of drug-likeness (QED) is 0.277. The molecule has 1 saturated carbocycles. The molecule has 2 heterocycles. The standard InChI is InChI=1S/C30H34N4O2S/c1-20(2)15-18-37-29-32-31-28-33(23-13-7-8-14-24(23)36-3)27(35)25-26(34(28)29)22-12-6-5-11-21(22)19-30(25)16-9-4-10-17-30/h5-8,11-14,20H,4,9-10,15-19H2,1-3H3. The summed E-state index contributed by atoms with van der Waals surface area (Å²) in [6.45, 7) is 4.49. The van der Waals surface area contributed by atoms with E-state index in [1.807, 2.05) is 24.3 Å². The molecule has 2 aliphatic rings. The number of hydrogen-bond acceptors (Lipinski definition) is 5. The second kappa shape index (κ2) is 9.67. The molecule has 6 rings (SSSR count). The number of nitrogens with zero attached hydrogens (tertiary/aromatic N) is 4. The molecule has 0 unspecified atom stereocenters. The third-order valence-electron chi connectivity index (χ3n) is 8.09. The summed E-state index contributed by atoms with van der Waals surface area (Å²) in [5.74, 6) is 2.76. The average molecular weight is 515 g/mol. The second-order valence-corrected chi connectivity index (χ2v) is 11.9. The molecule has 2 aromatic carbocycles. The highest BCUT2D eigenvalue weighted by Crippen LogP contribution is 2.49. The van der Waals surface area contributed by atoms with Gasteiger partial charge in [-0.05, 0) is 49.3 Å². The lowest BCUT2D eigenvalue weighted by molar-refractivity contribution is 0.284. The Bertz CT molecular complexity index is 1510. The van der Waals surface area contributed by atoms with Crippen molar-refractivity contribution in [2.45, 2.75) is 69.4 Å². The maximum Gasteiger partial charge on any atom is 0.264 e. The molecule has 37 heavy (non-hydrogen) atoms. The van der Waals surface area contributed by atoms with Crippen LogP contribution in [-0.4, -0.2) is 32.0 Å². The maximum atomic E-state index is 14.7. The van der Waals surface area contributed by atoms with E-state index in [0.29, 0.717) is 23.1 Å². The fraction of sp³-hybridized carbons (Fsp3) is 0.433. The van der Waals surface area contributed by atoms with Gasteiger partial charge in [-0.2, -0.15) is 0 Å². The van der Waals surface area contributed by atoms with Crippen molar-refractivity contribution in [1.29, 1.82) is 0 Å². The molecular formula is C30H34N4O2S. The van der Waals surface area contributed by atoms with Gasteiger partial charge in [-0.1, -0.05) is 81.3 Å². The lowest BCUT2D eigenvalue weighted by Gasteiger charge is -2.42. The number of benzene rings is 2. The monoisotopic (exact) mass is 514 g/mol. The lowest BCUT2D eigenvalue weighted by atomic mass is 9.62. The van der Waals surface area contributed by atoms with Crippen molar-refractivity contribution in [3.63, 3.8) is 0 Å². The molecule has 1 spiro atoms. The van der Waals surface area contributed by atoms with Crippen LogP contribution >= 0.6 is 11.8 Å². The Morgan fingerprint density at radius 1 is 1.03 bits per heavy atom. The fourth-order valence-electron chi connectivity index (χ4n) is 6.28. The SMILES string of the molecule is COc1ccccc1-n1c(=O)c2c(n3c(SCCC(C)C)nnc13)-c1ccccc1CC21CCCCC1. The molecule has 0 amide bonds. The average Bonchev–Trinajstić information content (AvgIpc) is 3.32. The molecule has 2 aliphatic carbocycles. The van der Waals surface area contributed by atoms with Gasteiger partial charge in [0.1, 0.15) is 5.75 Å². The molecule has 1 fully saturated rings. The Balaban J connectivity index is 1.72. The van der Waals surface area contributed by atoms with Gasteiger partial charge in [0.2, 0.25) is 5.78 Å². The highest BCUT2D eigenvalue weighted by Gasteiger charge is 2.44. The summed E-state index contributed by atoms with van der Waals surface area (Å²) in [6, 6.07) is 16.3. The van der Waals surface area contributed by atoms with E-state index >= 15 is 0 Å². The Morgan fingerprint density at radius 2 is 1.78 bits per heavy atom. The molecule has 0 radical (unpaired) electrons. The first-order chi connectivity index (χ1) is 18.0. The molecule has 0 aliphatic heterocycles. The zero-order chi connectivity index (χ0) is 25.6. The van der Waals surface area contributed by atoms with E-state index in [1.165, 1.54) is 12.0 Å². The van der Waals surface area contributed by atoms with Gasteiger partial charge in [-0.15, -0.1) is 10.2 Å². The van der Waals surface area contributed by atoms with E-state index in [-0.39, 0.29) is 11.0 Å². The predicted molar refractivity (Wildman–Crippen MR) is 149 cm³/mol. The number of rotatable bonds is 6. The summed E-state index contributed by atoms with van der Waals surface area (Å²) in [4.78, 5) is 14.7. The molecule has 0 atom stereocenters. The van der Waals surface area contributed by atoms with Crippen molar-refractivity contribution in [1.82, 2.24) is 19.2 Å². The zero-order valence-electron chi connectivity index (χ0n) is 21.9. The van der Waals surface area contributed by atoms with Gasteiger partial charge < -0.3 is 4.74 Å². The highest BCUT2D eigenvalue weighted by molar-refractivity contribution is 7.99. The number of methoxy groups -OCH3 is 1. The fourth-order valence-corrected chi connectivity index (χ4v) is 7.45. The first-order valence-electron chi connectivity index (χ1n) is 13.4. The van der Waals surface area contributed by atoms with Gasteiger partial charge in [-0.3, -0.25) is 9.20 Å². The van der Waals surface area contributed by atoms with Crippen molar-refractivity contribution < 1.29 is 4.74 Å². The number of fused-ring (bicyclic) bond motifs is 6. The predicted octanol–water partition coefficient (Wildman–Crippen LogP) is 6.45. The third kappa shape index (κ3) is 3.99. The first kappa shape index (κ1) is 24.3.